The van der Waals surface area contributed by atoms with Gasteiger partial charge in [0.15, 0.2) is 11.5 Å². The molecule has 4 aromatic rings. The zero-order valence-electron chi connectivity index (χ0n) is 17.3. The Morgan fingerprint density at radius 2 is 1.67 bits per heavy atom. The molecule has 5 rings (SSSR count). The maximum Gasteiger partial charge on any atom is 0.320 e. The zero-order chi connectivity index (χ0) is 22.6. The summed E-state index contributed by atoms with van der Waals surface area (Å²) in [7, 11) is 0. The molecule has 3 aromatic carbocycles. The highest BCUT2D eigenvalue weighted by atomic mass is 19.1. The second-order valence-corrected chi connectivity index (χ2v) is 7.25. The molecular weight excluding hydrogens is 427 g/mol. The molecule has 1 aliphatic heterocycles. The number of fused-ring (bicyclic) bond motifs is 1. The fraction of sp³-hybridized carbons (Fsp3) is 0.125. The summed E-state index contributed by atoms with van der Waals surface area (Å²) in [4.78, 5) is 12.8. The Morgan fingerprint density at radius 3 is 2.45 bits per heavy atom. The molecule has 2 amide bonds. The van der Waals surface area contributed by atoms with Gasteiger partial charge in [0.25, 0.3) is 0 Å². The van der Waals surface area contributed by atoms with Crippen molar-refractivity contribution in [1.82, 2.24) is 15.5 Å². The molecule has 0 saturated heterocycles. The predicted molar refractivity (Wildman–Crippen MR) is 118 cm³/mol. The van der Waals surface area contributed by atoms with Gasteiger partial charge in [0, 0.05) is 17.3 Å². The topological polar surface area (TPSA) is 98.5 Å². The second-order valence-electron chi connectivity index (χ2n) is 7.25. The van der Waals surface area contributed by atoms with Gasteiger partial charge in [0.1, 0.15) is 25.1 Å². The van der Waals surface area contributed by atoms with Crippen molar-refractivity contribution in [2.75, 3.05) is 18.5 Å². The number of amides is 2. The second kappa shape index (κ2) is 8.99. The van der Waals surface area contributed by atoms with Crippen LogP contribution >= 0.6 is 0 Å². The summed E-state index contributed by atoms with van der Waals surface area (Å²) in [5.41, 5.74) is 1.84. The highest BCUT2D eigenvalue weighted by molar-refractivity contribution is 5.90. The van der Waals surface area contributed by atoms with Gasteiger partial charge in [-0.15, -0.1) is 10.2 Å². The first kappa shape index (κ1) is 20.5. The van der Waals surface area contributed by atoms with E-state index in [1.165, 1.54) is 12.1 Å². The van der Waals surface area contributed by atoms with E-state index in [9.17, 15) is 9.18 Å². The van der Waals surface area contributed by atoms with Gasteiger partial charge in [-0.05, 0) is 42.0 Å². The van der Waals surface area contributed by atoms with E-state index in [2.05, 4.69) is 20.8 Å². The van der Waals surface area contributed by atoms with Crippen molar-refractivity contribution in [3.05, 3.63) is 90.1 Å². The third-order valence-electron chi connectivity index (χ3n) is 4.99. The first-order valence-corrected chi connectivity index (χ1v) is 10.3. The molecule has 166 valence electrons. The van der Waals surface area contributed by atoms with Crippen molar-refractivity contribution in [2.45, 2.75) is 6.04 Å². The van der Waals surface area contributed by atoms with E-state index in [0.717, 1.165) is 5.56 Å². The van der Waals surface area contributed by atoms with Crippen LogP contribution in [0.1, 0.15) is 17.5 Å². The molecule has 1 aliphatic rings. The maximum atomic E-state index is 13.5. The molecule has 0 bridgehead atoms. The molecule has 8 nitrogen and oxygen atoms in total. The van der Waals surface area contributed by atoms with Crippen LogP contribution < -0.4 is 20.1 Å². The van der Waals surface area contributed by atoms with E-state index < -0.39 is 17.9 Å². The fourth-order valence-corrected chi connectivity index (χ4v) is 3.41. The van der Waals surface area contributed by atoms with Crippen LogP contribution in [-0.4, -0.2) is 29.4 Å². The number of hydrogen-bond acceptors (Lipinski definition) is 6. The van der Waals surface area contributed by atoms with Crippen LogP contribution in [-0.2, 0) is 0 Å². The highest BCUT2D eigenvalue weighted by Crippen LogP contribution is 2.32. The number of nitrogens with zero attached hydrogens (tertiary/aromatic N) is 2. The third kappa shape index (κ3) is 4.62. The van der Waals surface area contributed by atoms with Crippen molar-refractivity contribution < 1.29 is 23.1 Å². The smallest absolute Gasteiger partial charge is 0.320 e. The van der Waals surface area contributed by atoms with Gasteiger partial charge in [-0.2, -0.15) is 0 Å². The van der Waals surface area contributed by atoms with Gasteiger partial charge in [-0.3, -0.25) is 0 Å². The number of anilines is 1. The van der Waals surface area contributed by atoms with E-state index in [1.807, 2.05) is 30.3 Å². The minimum atomic E-state index is -0.798. The van der Waals surface area contributed by atoms with Crippen molar-refractivity contribution >= 4 is 11.7 Å². The molecule has 0 saturated carbocycles. The number of hydrogen-bond donors (Lipinski definition) is 2. The minimum Gasteiger partial charge on any atom is -0.486 e. The zero-order valence-corrected chi connectivity index (χ0v) is 17.3. The summed E-state index contributed by atoms with van der Waals surface area (Å²) in [6, 6.07) is 18.8. The number of halogens is 1. The Hall–Kier alpha value is -4.40. The van der Waals surface area contributed by atoms with Gasteiger partial charge in [-0.1, -0.05) is 30.3 Å². The van der Waals surface area contributed by atoms with Crippen LogP contribution in [0.15, 0.2) is 77.2 Å². The Labute approximate surface area is 188 Å². The number of rotatable bonds is 5. The molecule has 33 heavy (non-hydrogen) atoms. The lowest BCUT2D eigenvalue weighted by Crippen LogP contribution is -2.33. The molecule has 1 aromatic heterocycles. The third-order valence-corrected chi connectivity index (χ3v) is 4.99. The molecule has 0 spiro atoms. The Kier molecular flexibility index (Phi) is 5.59. The molecule has 0 aliphatic carbocycles. The van der Waals surface area contributed by atoms with Crippen molar-refractivity contribution in [2.24, 2.45) is 0 Å². The van der Waals surface area contributed by atoms with E-state index in [0.29, 0.717) is 41.9 Å². The summed E-state index contributed by atoms with van der Waals surface area (Å²) in [5.74, 6) is 1.26. The SMILES string of the molecule is O=C(Nc1ccc2c(c1)OCCO2)NC(c1ccc(F)cc1)c1nnc(-c2ccccc2)o1. The summed E-state index contributed by atoms with van der Waals surface area (Å²) in [6.45, 7) is 0.922. The number of carbonyl (C=O) groups excluding carboxylic acids is 1. The predicted octanol–water partition coefficient (Wildman–Crippen LogP) is 4.56. The van der Waals surface area contributed by atoms with Crippen LogP contribution in [0.3, 0.4) is 0 Å². The van der Waals surface area contributed by atoms with Crippen LogP contribution in [0.5, 0.6) is 11.5 Å². The lowest BCUT2D eigenvalue weighted by molar-refractivity contribution is 0.171. The molecule has 0 radical (unpaired) electrons. The number of ether oxygens (including phenoxy) is 2. The standard InChI is InChI=1S/C24H19FN4O4/c25-17-8-6-15(7-9-17)21(23-29-28-22(33-23)16-4-2-1-3-5-16)27-24(30)26-18-10-11-19-20(14-18)32-13-12-31-19/h1-11,14,21H,12-13H2,(H2,26,27,30). The molecule has 2 heterocycles. The van der Waals surface area contributed by atoms with E-state index >= 15 is 0 Å². The van der Waals surface area contributed by atoms with E-state index in [1.54, 1.807) is 30.3 Å². The largest absolute Gasteiger partial charge is 0.486 e. The quantitative estimate of drug-likeness (QED) is 0.466. The van der Waals surface area contributed by atoms with Crippen LogP contribution in [0.2, 0.25) is 0 Å². The van der Waals surface area contributed by atoms with Gasteiger partial charge in [-0.25, -0.2) is 9.18 Å². The van der Waals surface area contributed by atoms with Crippen molar-refractivity contribution in [3.8, 4) is 23.0 Å². The lowest BCUT2D eigenvalue weighted by Gasteiger charge is -2.20. The van der Waals surface area contributed by atoms with Crippen molar-refractivity contribution in [3.63, 3.8) is 0 Å². The van der Waals surface area contributed by atoms with Gasteiger partial charge in [0.05, 0.1) is 0 Å². The van der Waals surface area contributed by atoms with Crippen LogP contribution in [0, 0.1) is 5.82 Å². The fourth-order valence-electron chi connectivity index (χ4n) is 3.41. The lowest BCUT2D eigenvalue weighted by atomic mass is 10.1. The number of benzene rings is 3. The Bertz CT molecular complexity index is 1260. The summed E-state index contributed by atoms with van der Waals surface area (Å²) in [5, 5.41) is 13.8. The highest BCUT2D eigenvalue weighted by Gasteiger charge is 2.24. The number of nitrogens with one attached hydrogen (secondary N) is 2. The normalized spacial score (nSPS) is 13.2. The number of urea groups is 1. The molecule has 1 unspecified atom stereocenters. The summed E-state index contributed by atoms with van der Waals surface area (Å²) < 4.78 is 30.4. The van der Waals surface area contributed by atoms with Gasteiger partial charge >= 0.3 is 6.03 Å². The molecule has 0 fully saturated rings. The summed E-state index contributed by atoms with van der Waals surface area (Å²) >= 11 is 0. The monoisotopic (exact) mass is 446 g/mol. The number of aromatic nitrogens is 2. The number of carbonyl (C=O) groups is 1. The van der Waals surface area contributed by atoms with E-state index in [4.69, 9.17) is 13.9 Å². The van der Waals surface area contributed by atoms with Crippen LogP contribution in [0.4, 0.5) is 14.9 Å². The molecule has 9 heteroatoms. The average Bonchev–Trinajstić information content (AvgIpc) is 3.34. The minimum absolute atomic E-state index is 0.165. The summed E-state index contributed by atoms with van der Waals surface area (Å²) in [6.07, 6.45) is 0. The maximum absolute atomic E-state index is 13.5. The first-order chi connectivity index (χ1) is 16.2. The molecule has 2 N–H and O–H groups in total. The molecule has 1 atom stereocenters. The molecular formula is C24H19FN4O4. The first-order valence-electron chi connectivity index (χ1n) is 10.3. The van der Waals surface area contributed by atoms with Crippen molar-refractivity contribution in [1.29, 1.82) is 0 Å². The average molecular weight is 446 g/mol. The van der Waals surface area contributed by atoms with Crippen LogP contribution in [0.25, 0.3) is 11.5 Å². The van der Waals surface area contributed by atoms with E-state index in [-0.39, 0.29) is 5.89 Å². The van der Waals surface area contributed by atoms with Gasteiger partial charge in [0.2, 0.25) is 11.8 Å². The Balaban J connectivity index is 1.39. The van der Waals surface area contributed by atoms with Gasteiger partial charge < -0.3 is 24.5 Å². The Morgan fingerprint density at radius 1 is 0.909 bits per heavy atom.